The Labute approximate surface area is 153 Å². The normalized spacial score (nSPS) is 10.6. The first kappa shape index (κ1) is 15.7. The summed E-state index contributed by atoms with van der Waals surface area (Å²) in [5.41, 5.74) is 7.31. The van der Waals surface area contributed by atoms with Crippen molar-refractivity contribution >= 4 is 11.6 Å². The molecule has 0 heterocycles. The van der Waals surface area contributed by atoms with Crippen LogP contribution in [0.3, 0.4) is 0 Å². The first-order valence-electron chi connectivity index (χ1n) is 8.33. The molecule has 4 rings (SSSR count). The van der Waals surface area contributed by atoms with Gasteiger partial charge in [0.2, 0.25) is 0 Å². The molecule has 120 valence electrons. The van der Waals surface area contributed by atoms with Crippen LogP contribution in [0.1, 0.15) is 0 Å². The molecule has 0 spiro atoms. The molecule has 0 bridgehead atoms. The third kappa shape index (κ3) is 3.22. The molecule has 0 aliphatic rings. The van der Waals surface area contributed by atoms with Crippen LogP contribution < -0.4 is 0 Å². The average Bonchev–Trinajstić information content (AvgIpc) is 2.69. The summed E-state index contributed by atoms with van der Waals surface area (Å²) in [7, 11) is 0. The molecule has 0 atom stereocenters. The van der Waals surface area contributed by atoms with E-state index in [9.17, 15) is 0 Å². The Hall–Kier alpha value is -2.83. The van der Waals surface area contributed by atoms with E-state index in [0.717, 1.165) is 5.02 Å². The minimum atomic E-state index is 0.755. The van der Waals surface area contributed by atoms with Gasteiger partial charge in [-0.05, 0) is 45.5 Å². The number of halogens is 1. The highest BCUT2D eigenvalue weighted by Crippen LogP contribution is 2.38. The maximum atomic E-state index is 6.06. The van der Waals surface area contributed by atoms with E-state index in [2.05, 4.69) is 84.9 Å². The maximum absolute atomic E-state index is 6.06. The van der Waals surface area contributed by atoms with Gasteiger partial charge in [-0.2, -0.15) is 0 Å². The fraction of sp³-hybridized carbons (Fsp3) is 0. The van der Waals surface area contributed by atoms with Gasteiger partial charge in [0.05, 0.1) is 0 Å². The molecule has 0 aromatic heterocycles. The fourth-order valence-corrected chi connectivity index (χ4v) is 3.31. The van der Waals surface area contributed by atoms with Gasteiger partial charge >= 0.3 is 0 Å². The predicted molar refractivity (Wildman–Crippen MR) is 108 cm³/mol. The maximum Gasteiger partial charge on any atom is 0.0406 e. The van der Waals surface area contributed by atoms with Crippen LogP contribution in [0.15, 0.2) is 103 Å². The predicted octanol–water partition coefficient (Wildman–Crippen LogP) is 7.34. The molecular weight excluding hydrogens is 324 g/mol. The van der Waals surface area contributed by atoms with Crippen LogP contribution in [0.25, 0.3) is 33.4 Å². The van der Waals surface area contributed by atoms with E-state index in [-0.39, 0.29) is 0 Å². The van der Waals surface area contributed by atoms with Gasteiger partial charge in [-0.3, -0.25) is 0 Å². The topological polar surface area (TPSA) is 0 Å². The van der Waals surface area contributed by atoms with E-state index in [4.69, 9.17) is 11.6 Å². The van der Waals surface area contributed by atoms with Gasteiger partial charge in [0.15, 0.2) is 0 Å². The minimum absolute atomic E-state index is 0.755. The second-order valence-electron chi connectivity index (χ2n) is 5.96. The Kier molecular flexibility index (Phi) is 4.37. The molecule has 0 aliphatic carbocycles. The highest BCUT2D eigenvalue weighted by atomic mass is 35.5. The van der Waals surface area contributed by atoms with Crippen molar-refractivity contribution in [2.45, 2.75) is 0 Å². The molecule has 4 aromatic rings. The third-order valence-electron chi connectivity index (χ3n) is 4.38. The zero-order chi connectivity index (χ0) is 17.1. The zero-order valence-corrected chi connectivity index (χ0v) is 14.4. The largest absolute Gasteiger partial charge is 0.0843 e. The van der Waals surface area contributed by atoms with Gasteiger partial charge < -0.3 is 0 Å². The SMILES string of the molecule is Clc1ccc(-c2ccccc2-c2ccccc2-c2ccccc2)cc1. The average molecular weight is 341 g/mol. The summed E-state index contributed by atoms with van der Waals surface area (Å²) in [5, 5.41) is 0.755. The number of rotatable bonds is 3. The molecule has 0 saturated heterocycles. The number of hydrogen-bond acceptors (Lipinski definition) is 0. The summed E-state index contributed by atoms with van der Waals surface area (Å²) in [6, 6.07) is 35.7. The Morgan fingerprint density at radius 3 is 1.28 bits per heavy atom. The number of benzene rings is 4. The van der Waals surface area contributed by atoms with Crippen LogP contribution in [-0.4, -0.2) is 0 Å². The smallest absolute Gasteiger partial charge is 0.0406 e. The molecule has 0 radical (unpaired) electrons. The van der Waals surface area contributed by atoms with Gasteiger partial charge in [0.1, 0.15) is 0 Å². The van der Waals surface area contributed by atoms with Crippen molar-refractivity contribution < 1.29 is 0 Å². The van der Waals surface area contributed by atoms with E-state index in [1.807, 2.05) is 18.2 Å². The van der Waals surface area contributed by atoms with Crippen molar-refractivity contribution in [3.8, 4) is 33.4 Å². The summed E-state index contributed by atoms with van der Waals surface area (Å²) in [5.74, 6) is 0. The highest BCUT2D eigenvalue weighted by Gasteiger charge is 2.11. The molecule has 0 fully saturated rings. The van der Waals surface area contributed by atoms with Gasteiger partial charge in [-0.15, -0.1) is 0 Å². The van der Waals surface area contributed by atoms with Gasteiger partial charge in [-0.25, -0.2) is 0 Å². The quantitative estimate of drug-likeness (QED) is 0.366. The van der Waals surface area contributed by atoms with Crippen molar-refractivity contribution in [3.05, 3.63) is 108 Å². The first-order valence-corrected chi connectivity index (χ1v) is 8.70. The molecule has 0 saturated carbocycles. The lowest BCUT2D eigenvalue weighted by Crippen LogP contribution is -1.88. The van der Waals surface area contributed by atoms with E-state index < -0.39 is 0 Å². The van der Waals surface area contributed by atoms with E-state index in [0.29, 0.717) is 0 Å². The lowest BCUT2D eigenvalue weighted by Gasteiger charge is -2.14. The Morgan fingerprint density at radius 2 is 0.760 bits per heavy atom. The summed E-state index contributed by atoms with van der Waals surface area (Å²) in [6.45, 7) is 0. The van der Waals surface area contributed by atoms with Crippen molar-refractivity contribution in [1.82, 2.24) is 0 Å². The molecule has 0 amide bonds. The van der Waals surface area contributed by atoms with Crippen molar-refractivity contribution in [2.24, 2.45) is 0 Å². The summed E-state index contributed by atoms with van der Waals surface area (Å²) in [6.07, 6.45) is 0. The summed E-state index contributed by atoms with van der Waals surface area (Å²) < 4.78 is 0. The van der Waals surface area contributed by atoms with Crippen molar-refractivity contribution in [2.75, 3.05) is 0 Å². The van der Waals surface area contributed by atoms with E-state index in [1.54, 1.807) is 0 Å². The van der Waals surface area contributed by atoms with E-state index in [1.165, 1.54) is 33.4 Å². The van der Waals surface area contributed by atoms with Crippen LogP contribution >= 0.6 is 11.6 Å². The standard InChI is InChI=1S/C24H17Cl/c25-20-16-14-19(15-17-20)22-11-5-7-13-24(22)23-12-6-4-10-21(23)18-8-2-1-3-9-18/h1-17H. The van der Waals surface area contributed by atoms with Crippen LogP contribution in [0.2, 0.25) is 5.02 Å². The molecule has 1 heteroatoms. The second-order valence-corrected chi connectivity index (χ2v) is 6.40. The molecular formula is C24H17Cl. The number of hydrogen-bond donors (Lipinski definition) is 0. The molecule has 0 nitrogen and oxygen atoms in total. The second kappa shape index (κ2) is 6.96. The molecule has 0 aliphatic heterocycles. The first-order chi connectivity index (χ1) is 12.3. The fourth-order valence-electron chi connectivity index (χ4n) is 3.19. The van der Waals surface area contributed by atoms with Gasteiger partial charge in [-0.1, -0.05) is 103 Å². The monoisotopic (exact) mass is 340 g/mol. The summed E-state index contributed by atoms with van der Waals surface area (Å²) >= 11 is 6.06. The van der Waals surface area contributed by atoms with Crippen LogP contribution in [-0.2, 0) is 0 Å². The van der Waals surface area contributed by atoms with E-state index >= 15 is 0 Å². The van der Waals surface area contributed by atoms with Crippen LogP contribution in [0.5, 0.6) is 0 Å². The zero-order valence-electron chi connectivity index (χ0n) is 13.7. The van der Waals surface area contributed by atoms with Crippen molar-refractivity contribution in [3.63, 3.8) is 0 Å². The van der Waals surface area contributed by atoms with Crippen LogP contribution in [0, 0.1) is 0 Å². The summed E-state index contributed by atoms with van der Waals surface area (Å²) in [4.78, 5) is 0. The molecule has 0 unspecified atom stereocenters. The van der Waals surface area contributed by atoms with Crippen LogP contribution in [0.4, 0.5) is 0 Å². The highest BCUT2D eigenvalue weighted by molar-refractivity contribution is 6.30. The lowest BCUT2D eigenvalue weighted by atomic mass is 9.89. The molecule has 0 N–H and O–H groups in total. The third-order valence-corrected chi connectivity index (χ3v) is 4.64. The van der Waals surface area contributed by atoms with Gasteiger partial charge in [0, 0.05) is 5.02 Å². The molecule has 4 aromatic carbocycles. The van der Waals surface area contributed by atoms with Crippen molar-refractivity contribution in [1.29, 1.82) is 0 Å². The Morgan fingerprint density at radius 1 is 0.360 bits per heavy atom. The minimum Gasteiger partial charge on any atom is -0.0843 e. The molecule has 25 heavy (non-hydrogen) atoms. The van der Waals surface area contributed by atoms with Gasteiger partial charge in [0.25, 0.3) is 0 Å². The Bertz CT molecular complexity index is 986. The Balaban J connectivity index is 1.91. The lowest BCUT2D eigenvalue weighted by molar-refractivity contribution is 1.56.